The van der Waals surface area contributed by atoms with Crippen LogP contribution in [0.1, 0.15) is 53.5 Å². The zero-order valence-electron chi connectivity index (χ0n) is 14.8. The zero-order valence-corrected chi connectivity index (χ0v) is 14.8. The van der Waals surface area contributed by atoms with Crippen molar-refractivity contribution >= 4 is 17.4 Å². The molecule has 0 radical (unpaired) electrons. The number of para-hydroxylation sites is 1. The number of carbonyl (C=O) groups is 2. The molecule has 0 fully saturated rings. The summed E-state index contributed by atoms with van der Waals surface area (Å²) in [6.45, 7) is 6.08. The third-order valence-corrected chi connectivity index (χ3v) is 4.80. The van der Waals surface area contributed by atoms with Crippen molar-refractivity contribution in [2.45, 2.75) is 45.6 Å². The number of hydrogen-bond donors (Lipinski definition) is 2. The van der Waals surface area contributed by atoms with Gasteiger partial charge >= 0.3 is 0 Å². The van der Waals surface area contributed by atoms with Crippen LogP contribution in [0.4, 0.5) is 5.69 Å². The molecule has 1 amide bonds. The second kappa shape index (κ2) is 6.44. The van der Waals surface area contributed by atoms with Gasteiger partial charge in [0.25, 0.3) is 5.91 Å². The number of fused-ring (bicyclic) bond motifs is 1. The molecule has 0 saturated carbocycles. The Morgan fingerprint density at radius 1 is 1.32 bits per heavy atom. The normalized spacial score (nSPS) is 19.4. The highest BCUT2D eigenvalue weighted by Crippen LogP contribution is 2.43. The molecule has 1 aliphatic heterocycles. The van der Waals surface area contributed by atoms with Gasteiger partial charge in [-0.1, -0.05) is 31.5 Å². The Hall–Kier alpha value is -2.47. The first-order valence-electron chi connectivity index (χ1n) is 8.58. The van der Waals surface area contributed by atoms with E-state index in [1.807, 2.05) is 19.1 Å². The predicted octanol–water partition coefficient (Wildman–Crippen LogP) is 2.63. The van der Waals surface area contributed by atoms with Crippen molar-refractivity contribution < 1.29 is 14.7 Å². The van der Waals surface area contributed by atoms with Crippen molar-refractivity contribution in [3.05, 3.63) is 46.8 Å². The molecule has 2 aromatic rings. The average molecular weight is 341 g/mol. The average Bonchev–Trinajstić information content (AvgIpc) is 3.02. The van der Waals surface area contributed by atoms with Gasteiger partial charge in [0.05, 0.1) is 23.4 Å². The van der Waals surface area contributed by atoms with E-state index in [0.29, 0.717) is 34.7 Å². The van der Waals surface area contributed by atoms with Gasteiger partial charge in [-0.25, -0.2) is 0 Å². The lowest BCUT2D eigenvalue weighted by Crippen LogP contribution is -2.42. The van der Waals surface area contributed by atoms with Gasteiger partial charge in [-0.3, -0.25) is 14.7 Å². The van der Waals surface area contributed by atoms with E-state index in [1.54, 1.807) is 30.9 Å². The molecule has 25 heavy (non-hydrogen) atoms. The van der Waals surface area contributed by atoms with E-state index in [4.69, 9.17) is 0 Å². The van der Waals surface area contributed by atoms with E-state index in [0.717, 1.165) is 12.8 Å². The van der Waals surface area contributed by atoms with Crippen molar-refractivity contribution in [1.29, 1.82) is 0 Å². The van der Waals surface area contributed by atoms with Gasteiger partial charge in [0.2, 0.25) is 0 Å². The number of aryl methyl sites for hydroxylation is 2. The smallest absolute Gasteiger partial charge is 0.264 e. The van der Waals surface area contributed by atoms with Gasteiger partial charge in [-0.2, -0.15) is 5.10 Å². The second-order valence-electron chi connectivity index (χ2n) is 6.60. The molecular weight excluding hydrogens is 318 g/mol. The van der Waals surface area contributed by atoms with Crippen LogP contribution in [0.2, 0.25) is 0 Å². The maximum absolute atomic E-state index is 13.0. The fraction of sp³-hybridized carbons (Fsp3) is 0.421. The van der Waals surface area contributed by atoms with E-state index < -0.39 is 11.5 Å². The molecule has 0 aliphatic carbocycles. The molecule has 0 spiro atoms. The monoisotopic (exact) mass is 341 g/mol. The minimum absolute atomic E-state index is 0.285. The molecule has 1 aliphatic rings. The number of benzene rings is 1. The minimum atomic E-state index is -1.82. The summed E-state index contributed by atoms with van der Waals surface area (Å²) in [5.41, 5.74) is 1.04. The Balaban J connectivity index is 1.97. The number of amides is 1. The number of carbonyl (C=O) groups excluding carboxylic acids is 2. The van der Waals surface area contributed by atoms with Crippen molar-refractivity contribution in [1.82, 2.24) is 10.2 Å². The molecule has 1 aromatic heterocycles. The number of aliphatic hydroxyl groups is 1. The summed E-state index contributed by atoms with van der Waals surface area (Å²) in [6, 6.07) is 7.16. The van der Waals surface area contributed by atoms with Crippen LogP contribution in [0.3, 0.4) is 0 Å². The number of hydrogen-bond acceptors (Lipinski definition) is 4. The van der Waals surface area contributed by atoms with Crippen LogP contribution in [0.5, 0.6) is 0 Å². The third-order valence-electron chi connectivity index (χ3n) is 4.80. The van der Waals surface area contributed by atoms with Gasteiger partial charge in [0, 0.05) is 17.8 Å². The molecular formula is C19H23N3O3. The lowest BCUT2D eigenvalue weighted by molar-refractivity contribution is -0.135. The lowest BCUT2D eigenvalue weighted by Gasteiger charge is -2.22. The molecule has 1 atom stereocenters. The minimum Gasteiger partial charge on any atom is -0.375 e. The molecule has 132 valence electrons. The van der Waals surface area contributed by atoms with Crippen molar-refractivity contribution in [2.24, 2.45) is 0 Å². The highest BCUT2D eigenvalue weighted by atomic mass is 16.3. The summed E-state index contributed by atoms with van der Waals surface area (Å²) < 4.78 is 0. The maximum Gasteiger partial charge on any atom is 0.264 e. The van der Waals surface area contributed by atoms with Crippen LogP contribution < -0.4 is 4.90 Å². The van der Waals surface area contributed by atoms with Crippen LogP contribution in [-0.2, 0) is 10.4 Å². The fourth-order valence-corrected chi connectivity index (χ4v) is 3.50. The van der Waals surface area contributed by atoms with Crippen LogP contribution in [0, 0.1) is 13.8 Å². The number of unbranched alkanes of at least 4 members (excludes halogenated alkanes) is 1. The summed E-state index contributed by atoms with van der Waals surface area (Å²) in [4.78, 5) is 27.4. The summed E-state index contributed by atoms with van der Waals surface area (Å²) in [5.74, 6) is -0.707. The van der Waals surface area contributed by atoms with Gasteiger partial charge in [0.1, 0.15) is 0 Å². The van der Waals surface area contributed by atoms with Gasteiger partial charge in [-0.15, -0.1) is 0 Å². The second-order valence-corrected chi connectivity index (χ2v) is 6.60. The van der Waals surface area contributed by atoms with E-state index >= 15 is 0 Å². The zero-order chi connectivity index (χ0) is 18.2. The Morgan fingerprint density at radius 2 is 2.04 bits per heavy atom. The van der Waals surface area contributed by atoms with E-state index in [9.17, 15) is 14.7 Å². The van der Waals surface area contributed by atoms with Crippen LogP contribution in [0.15, 0.2) is 24.3 Å². The fourth-order valence-electron chi connectivity index (χ4n) is 3.50. The summed E-state index contributed by atoms with van der Waals surface area (Å²) in [7, 11) is 0. The van der Waals surface area contributed by atoms with Crippen molar-refractivity contribution in [2.75, 3.05) is 11.4 Å². The first-order valence-corrected chi connectivity index (χ1v) is 8.58. The van der Waals surface area contributed by atoms with Crippen molar-refractivity contribution in [3.63, 3.8) is 0 Å². The number of aromatic nitrogens is 2. The Bertz CT molecular complexity index is 808. The number of rotatable bonds is 6. The molecule has 3 rings (SSSR count). The van der Waals surface area contributed by atoms with Crippen molar-refractivity contribution in [3.8, 4) is 0 Å². The first-order chi connectivity index (χ1) is 11.9. The highest BCUT2D eigenvalue weighted by molar-refractivity contribution is 6.11. The molecule has 0 saturated heterocycles. The first kappa shape index (κ1) is 17.4. The Kier molecular flexibility index (Phi) is 4.47. The topological polar surface area (TPSA) is 86.3 Å². The van der Waals surface area contributed by atoms with Crippen LogP contribution >= 0.6 is 0 Å². The quantitative estimate of drug-likeness (QED) is 0.791. The number of H-pyrrole nitrogens is 1. The molecule has 0 unspecified atom stereocenters. The van der Waals surface area contributed by atoms with Crippen LogP contribution in [-0.4, -0.2) is 33.5 Å². The van der Waals surface area contributed by atoms with E-state index in [1.165, 1.54) is 0 Å². The summed E-state index contributed by atoms with van der Waals surface area (Å²) >= 11 is 0. The number of nitrogens with one attached hydrogen (secondary N) is 1. The molecule has 2 heterocycles. The molecule has 0 bridgehead atoms. The molecule has 1 aromatic carbocycles. The Labute approximate surface area is 146 Å². The molecule has 2 N–H and O–H groups in total. The predicted molar refractivity (Wildman–Crippen MR) is 94.6 cm³/mol. The molecule has 6 nitrogen and oxygen atoms in total. The number of anilines is 1. The van der Waals surface area contributed by atoms with Crippen LogP contribution in [0.25, 0.3) is 0 Å². The summed E-state index contributed by atoms with van der Waals surface area (Å²) in [6.07, 6.45) is 1.49. The number of nitrogens with zero attached hydrogens (tertiary/aromatic N) is 2. The lowest BCUT2D eigenvalue weighted by atomic mass is 9.87. The Morgan fingerprint density at radius 3 is 2.68 bits per heavy atom. The largest absolute Gasteiger partial charge is 0.375 e. The number of aromatic amines is 1. The van der Waals surface area contributed by atoms with E-state index in [-0.39, 0.29) is 12.2 Å². The number of Topliss-reactive ketones (excluding diaryl/α,β-unsaturated/α-hetero) is 1. The van der Waals surface area contributed by atoms with Gasteiger partial charge < -0.3 is 10.0 Å². The third kappa shape index (κ3) is 2.76. The standard InChI is InChI=1S/C19H23N3O3/c1-4-5-10-22-15-9-7-6-8-14(15)19(25,18(22)24)11-16(23)17-12(2)20-21-13(17)3/h6-9,25H,4-5,10-11H2,1-3H3,(H,20,21)/t19-/m0/s1. The maximum atomic E-state index is 13.0. The van der Waals surface area contributed by atoms with Gasteiger partial charge in [0.15, 0.2) is 11.4 Å². The number of ketones is 1. The highest BCUT2D eigenvalue weighted by Gasteiger charge is 2.50. The molecule has 6 heteroatoms. The van der Waals surface area contributed by atoms with Gasteiger partial charge in [-0.05, 0) is 26.3 Å². The summed E-state index contributed by atoms with van der Waals surface area (Å²) in [5, 5.41) is 18.0. The van der Waals surface area contributed by atoms with E-state index in [2.05, 4.69) is 10.2 Å². The SMILES string of the molecule is CCCCN1C(=O)[C@](O)(CC(=O)c2c(C)n[nH]c2C)c2ccccc21.